The number of pyridine rings is 1. The standard InChI is InChI=1S/C14H15F3N2O/c1-9-7-13(20-6-2-5-14(15,16)17)11-8-10(18)3-4-12(11)19-9/h3-4,7-8H,2,5-6,18H2,1H3. The summed E-state index contributed by atoms with van der Waals surface area (Å²) < 4.78 is 41.7. The van der Waals surface area contributed by atoms with Crippen molar-refractivity contribution in [1.29, 1.82) is 0 Å². The van der Waals surface area contributed by atoms with E-state index < -0.39 is 12.6 Å². The Hall–Kier alpha value is -1.98. The smallest absolute Gasteiger partial charge is 0.389 e. The summed E-state index contributed by atoms with van der Waals surface area (Å²) in [6.45, 7) is 1.81. The summed E-state index contributed by atoms with van der Waals surface area (Å²) >= 11 is 0. The van der Waals surface area contributed by atoms with E-state index in [4.69, 9.17) is 10.5 Å². The Bertz CT molecular complexity index is 611. The van der Waals surface area contributed by atoms with Crippen LogP contribution in [0.4, 0.5) is 18.9 Å². The van der Waals surface area contributed by atoms with Gasteiger partial charge in [-0.3, -0.25) is 4.98 Å². The molecule has 0 saturated heterocycles. The second-order valence-corrected chi connectivity index (χ2v) is 4.61. The number of anilines is 1. The third-order valence-corrected chi connectivity index (χ3v) is 2.79. The normalized spacial score (nSPS) is 11.8. The van der Waals surface area contributed by atoms with Crippen LogP contribution in [0, 0.1) is 6.92 Å². The quantitative estimate of drug-likeness (QED) is 0.685. The maximum atomic E-state index is 12.1. The number of aromatic nitrogens is 1. The number of nitrogens with two attached hydrogens (primary N) is 1. The van der Waals surface area contributed by atoms with Crippen molar-refractivity contribution in [1.82, 2.24) is 4.98 Å². The molecule has 2 rings (SSSR count). The van der Waals surface area contributed by atoms with Gasteiger partial charge in [-0.2, -0.15) is 13.2 Å². The topological polar surface area (TPSA) is 48.1 Å². The first-order chi connectivity index (χ1) is 9.35. The molecule has 0 amide bonds. The molecule has 2 aromatic rings. The van der Waals surface area contributed by atoms with Crippen molar-refractivity contribution < 1.29 is 17.9 Å². The molecule has 0 unspecified atom stereocenters. The molecule has 3 nitrogen and oxygen atoms in total. The third kappa shape index (κ3) is 3.76. The number of hydrogen-bond acceptors (Lipinski definition) is 3. The van der Waals surface area contributed by atoms with Gasteiger partial charge in [0.2, 0.25) is 0 Å². The Morgan fingerprint density at radius 2 is 2.00 bits per heavy atom. The van der Waals surface area contributed by atoms with Gasteiger partial charge in [-0.1, -0.05) is 0 Å². The lowest BCUT2D eigenvalue weighted by molar-refractivity contribution is -0.136. The first-order valence-corrected chi connectivity index (χ1v) is 6.21. The maximum absolute atomic E-state index is 12.1. The van der Waals surface area contributed by atoms with Gasteiger partial charge in [-0.05, 0) is 31.5 Å². The van der Waals surface area contributed by atoms with Gasteiger partial charge in [-0.15, -0.1) is 0 Å². The highest BCUT2D eigenvalue weighted by atomic mass is 19.4. The van der Waals surface area contributed by atoms with E-state index in [-0.39, 0.29) is 13.0 Å². The SMILES string of the molecule is Cc1cc(OCCCC(F)(F)F)c2cc(N)ccc2n1. The van der Waals surface area contributed by atoms with Crippen LogP contribution in [0.5, 0.6) is 5.75 Å². The summed E-state index contributed by atoms with van der Waals surface area (Å²) in [5.74, 6) is 0.516. The fourth-order valence-corrected chi connectivity index (χ4v) is 1.91. The zero-order chi connectivity index (χ0) is 14.8. The van der Waals surface area contributed by atoms with Crippen molar-refractivity contribution in [3.63, 3.8) is 0 Å². The molecular weight excluding hydrogens is 269 g/mol. The second-order valence-electron chi connectivity index (χ2n) is 4.61. The Balaban J connectivity index is 2.14. The summed E-state index contributed by atoms with van der Waals surface area (Å²) in [6, 6.07) is 6.90. The van der Waals surface area contributed by atoms with Gasteiger partial charge in [0.15, 0.2) is 0 Å². The third-order valence-electron chi connectivity index (χ3n) is 2.79. The molecule has 0 spiro atoms. The van der Waals surface area contributed by atoms with E-state index in [9.17, 15) is 13.2 Å². The molecule has 0 fully saturated rings. The number of ether oxygens (including phenoxy) is 1. The molecular formula is C14H15F3N2O. The Morgan fingerprint density at radius 3 is 2.70 bits per heavy atom. The van der Waals surface area contributed by atoms with E-state index in [1.807, 2.05) is 0 Å². The summed E-state index contributed by atoms with van der Waals surface area (Å²) in [7, 11) is 0. The molecule has 1 aromatic carbocycles. The first kappa shape index (κ1) is 14.4. The molecule has 0 atom stereocenters. The molecule has 0 saturated carbocycles. The van der Waals surface area contributed by atoms with Gasteiger partial charge in [0.05, 0.1) is 12.1 Å². The van der Waals surface area contributed by atoms with Gasteiger partial charge < -0.3 is 10.5 Å². The molecule has 0 aliphatic carbocycles. The highest BCUT2D eigenvalue weighted by molar-refractivity contribution is 5.87. The minimum Gasteiger partial charge on any atom is -0.493 e. The summed E-state index contributed by atoms with van der Waals surface area (Å²) in [4.78, 5) is 4.33. The molecule has 0 radical (unpaired) electrons. The summed E-state index contributed by atoms with van der Waals surface area (Å²) in [5, 5.41) is 0.711. The number of fused-ring (bicyclic) bond motifs is 1. The van der Waals surface area contributed by atoms with Crippen LogP contribution in [0.15, 0.2) is 24.3 Å². The molecule has 20 heavy (non-hydrogen) atoms. The minimum absolute atomic E-state index is 0.00681. The number of nitrogen functional groups attached to an aromatic ring is 1. The van der Waals surface area contributed by atoms with Gasteiger partial charge in [-0.25, -0.2) is 0 Å². The van der Waals surface area contributed by atoms with Crippen LogP contribution < -0.4 is 10.5 Å². The Morgan fingerprint density at radius 1 is 1.25 bits per heavy atom. The van der Waals surface area contributed by atoms with Gasteiger partial charge in [0.25, 0.3) is 0 Å². The molecule has 0 bridgehead atoms. The highest BCUT2D eigenvalue weighted by Crippen LogP contribution is 2.28. The van der Waals surface area contributed by atoms with Crippen LogP contribution in [-0.2, 0) is 0 Å². The zero-order valence-electron chi connectivity index (χ0n) is 11.0. The van der Waals surface area contributed by atoms with Gasteiger partial charge in [0.1, 0.15) is 5.75 Å². The molecule has 0 aliphatic rings. The summed E-state index contributed by atoms with van der Waals surface area (Å²) in [6.07, 6.45) is -5.07. The van der Waals surface area contributed by atoms with E-state index in [1.54, 1.807) is 31.2 Å². The second kappa shape index (κ2) is 5.56. The van der Waals surface area contributed by atoms with Crippen LogP contribution in [-0.4, -0.2) is 17.8 Å². The average Bonchev–Trinajstić information content (AvgIpc) is 2.34. The first-order valence-electron chi connectivity index (χ1n) is 6.21. The maximum Gasteiger partial charge on any atom is 0.389 e. The Kier molecular flexibility index (Phi) is 4.01. The van der Waals surface area contributed by atoms with E-state index >= 15 is 0 Å². The van der Waals surface area contributed by atoms with E-state index in [1.165, 1.54) is 0 Å². The largest absolute Gasteiger partial charge is 0.493 e. The number of rotatable bonds is 4. The monoisotopic (exact) mass is 284 g/mol. The predicted molar refractivity (Wildman–Crippen MR) is 71.7 cm³/mol. The van der Waals surface area contributed by atoms with E-state index in [0.29, 0.717) is 22.3 Å². The van der Waals surface area contributed by atoms with Crippen molar-refractivity contribution in [2.75, 3.05) is 12.3 Å². The number of alkyl halides is 3. The Labute approximate surface area is 114 Å². The van der Waals surface area contributed by atoms with Crippen molar-refractivity contribution >= 4 is 16.6 Å². The number of benzene rings is 1. The number of nitrogens with zero attached hydrogens (tertiary/aromatic N) is 1. The molecule has 0 aliphatic heterocycles. The lowest BCUT2D eigenvalue weighted by Gasteiger charge is -2.11. The van der Waals surface area contributed by atoms with Crippen molar-refractivity contribution in [2.45, 2.75) is 25.9 Å². The number of halogens is 3. The molecule has 2 N–H and O–H groups in total. The predicted octanol–water partition coefficient (Wildman–Crippen LogP) is 3.85. The molecule has 6 heteroatoms. The zero-order valence-corrected chi connectivity index (χ0v) is 11.0. The number of hydrogen-bond donors (Lipinski definition) is 1. The van der Waals surface area contributed by atoms with Gasteiger partial charge in [0, 0.05) is 29.3 Å². The minimum atomic E-state index is -4.15. The number of aryl methyl sites for hydroxylation is 1. The van der Waals surface area contributed by atoms with E-state index in [0.717, 1.165) is 5.69 Å². The van der Waals surface area contributed by atoms with Gasteiger partial charge >= 0.3 is 6.18 Å². The lowest BCUT2D eigenvalue weighted by atomic mass is 10.1. The fourth-order valence-electron chi connectivity index (χ4n) is 1.91. The fraction of sp³-hybridized carbons (Fsp3) is 0.357. The lowest BCUT2D eigenvalue weighted by Crippen LogP contribution is -2.10. The van der Waals surface area contributed by atoms with Crippen LogP contribution >= 0.6 is 0 Å². The summed E-state index contributed by atoms with van der Waals surface area (Å²) in [5.41, 5.74) is 7.73. The van der Waals surface area contributed by atoms with Crippen molar-refractivity contribution in [3.05, 3.63) is 30.0 Å². The van der Waals surface area contributed by atoms with Crippen LogP contribution in [0.2, 0.25) is 0 Å². The molecule has 108 valence electrons. The molecule has 1 heterocycles. The van der Waals surface area contributed by atoms with E-state index in [2.05, 4.69) is 4.98 Å². The molecule has 1 aromatic heterocycles. The van der Waals surface area contributed by atoms with Crippen LogP contribution in [0.25, 0.3) is 10.9 Å². The van der Waals surface area contributed by atoms with Crippen molar-refractivity contribution in [2.24, 2.45) is 0 Å². The highest BCUT2D eigenvalue weighted by Gasteiger charge is 2.26. The van der Waals surface area contributed by atoms with Crippen molar-refractivity contribution in [3.8, 4) is 5.75 Å². The van der Waals surface area contributed by atoms with Crippen LogP contribution in [0.3, 0.4) is 0 Å². The average molecular weight is 284 g/mol. The van der Waals surface area contributed by atoms with Crippen LogP contribution in [0.1, 0.15) is 18.5 Å².